The smallest absolute Gasteiger partial charge is 0.246 e. The minimum atomic E-state index is -3.22. The molecule has 1 aromatic carbocycles. The Morgan fingerprint density at radius 2 is 1.88 bits per heavy atom. The van der Waals surface area contributed by atoms with Crippen LogP contribution in [0.5, 0.6) is 0 Å². The molecule has 1 fully saturated rings. The highest BCUT2D eigenvalue weighted by molar-refractivity contribution is 7.89. The number of amides is 1. The molecule has 0 aromatic heterocycles. The van der Waals surface area contributed by atoms with Gasteiger partial charge in [-0.15, -0.1) is 0 Å². The Labute approximate surface area is 144 Å². The Bertz CT molecular complexity index is 651. The molecule has 7 heteroatoms. The Balaban J connectivity index is 1.96. The Morgan fingerprint density at radius 3 is 2.42 bits per heavy atom. The highest BCUT2D eigenvalue weighted by Gasteiger charge is 2.36. The molecule has 1 aliphatic rings. The van der Waals surface area contributed by atoms with Crippen LogP contribution in [0, 0.1) is 0 Å². The van der Waals surface area contributed by atoms with E-state index in [1.165, 1.54) is 0 Å². The first-order chi connectivity index (χ1) is 11.3. The second kappa shape index (κ2) is 7.63. The summed E-state index contributed by atoms with van der Waals surface area (Å²) in [4.78, 5) is 14.5. The summed E-state index contributed by atoms with van der Waals surface area (Å²) in [5.74, 6) is 0.0182. The van der Waals surface area contributed by atoms with Gasteiger partial charge in [-0.05, 0) is 31.7 Å². The number of hydrogen-bond acceptors (Lipinski definition) is 4. The van der Waals surface area contributed by atoms with Gasteiger partial charge in [-0.25, -0.2) is 13.1 Å². The summed E-state index contributed by atoms with van der Waals surface area (Å²) in [7, 11) is -3.22. The first kappa shape index (κ1) is 18.9. The molecule has 1 heterocycles. The third kappa shape index (κ3) is 4.55. The molecule has 1 amide bonds. The zero-order valence-corrected chi connectivity index (χ0v) is 15.2. The monoisotopic (exact) mass is 353 g/mol. The number of benzene rings is 1. The molecule has 0 saturated carbocycles. The van der Waals surface area contributed by atoms with Crippen LogP contribution < -0.4 is 10.5 Å². The summed E-state index contributed by atoms with van der Waals surface area (Å²) in [6.45, 7) is 4.59. The van der Waals surface area contributed by atoms with Crippen LogP contribution in [0.25, 0.3) is 0 Å². The van der Waals surface area contributed by atoms with E-state index in [4.69, 9.17) is 5.73 Å². The van der Waals surface area contributed by atoms with Gasteiger partial charge in [0.2, 0.25) is 15.9 Å². The zero-order chi connectivity index (χ0) is 17.8. The lowest BCUT2D eigenvalue weighted by Gasteiger charge is -2.37. The van der Waals surface area contributed by atoms with E-state index in [-0.39, 0.29) is 17.7 Å². The van der Waals surface area contributed by atoms with Gasteiger partial charge in [0.1, 0.15) is 5.54 Å². The first-order valence-electron chi connectivity index (χ1n) is 8.40. The van der Waals surface area contributed by atoms with Gasteiger partial charge in [-0.3, -0.25) is 4.79 Å². The average Bonchev–Trinajstić information content (AvgIpc) is 2.55. The molecule has 2 rings (SSSR count). The molecule has 6 nitrogen and oxygen atoms in total. The standard InChI is InChI=1S/C17H27N3O3S/c1-3-13-24(22,23)19-15-9-11-20(12-10-15)16(21)17(2,18)14-7-5-4-6-8-14/h4-8,15,19H,3,9-13,18H2,1-2H3. The summed E-state index contributed by atoms with van der Waals surface area (Å²) in [5, 5.41) is 0. The number of sulfonamides is 1. The fourth-order valence-electron chi connectivity index (χ4n) is 3.02. The largest absolute Gasteiger partial charge is 0.341 e. The van der Waals surface area contributed by atoms with Crippen molar-refractivity contribution in [3.8, 4) is 0 Å². The lowest BCUT2D eigenvalue weighted by Crippen LogP contribution is -2.55. The van der Waals surface area contributed by atoms with Gasteiger partial charge in [0.05, 0.1) is 5.75 Å². The lowest BCUT2D eigenvalue weighted by atomic mass is 9.90. The summed E-state index contributed by atoms with van der Waals surface area (Å²) >= 11 is 0. The molecule has 0 bridgehead atoms. The first-order valence-corrected chi connectivity index (χ1v) is 10.1. The second-order valence-electron chi connectivity index (χ2n) is 6.57. The van der Waals surface area contributed by atoms with E-state index in [0.29, 0.717) is 32.4 Å². The van der Waals surface area contributed by atoms with Crippen molar-refractivity contribution in [3.63, 3.8) is 0 Å². The molecule has 134 valence electrons. The third-order valence-corrected chi connectivity index (χ3v) is 6.06. The van der Waals surface area contributed by atoms with Crippen molar-refractivity contribution in [2.24, 2.45) is 5.73 Å². The summed E-state index contributed by atoms with van der Waals surface area (Å²) < 4.78 is 26.4. The normalized spacial score (nSPS) is 19.0. The maximum Gasteiger partial charge on any atom is 0.246 e. The Kier molecular flexibility index (Phi) is 6.01. The van der Waals surface area contributed by atoms with Crippen molar-refractivity contribution < 1.29 is 13.2 Å². The highest BCUT2D eigenvalue weighted by Crippen LogP contribution is 2.23. The number of nitrogens with one attached hydrogen (secondary N) is 1. The van der Waals surface area contributed by atoms with Crippen LogP contribution >= 0.6 is 0 Å². The Hall–Kier alpha value is -1.44. The molecule has 1 unspecified atom stereocenters. The Morgan fingerprint density at radius 1 is 1.29 bits per heavy atom. The topological polar surface area (TPSA) is 92.5 Å². The van der Waals surface area contributed by atoms with Gasteiger partial charge >= 0.3 is 0 Å². The second-order valence-corrected chi connectivity index (χ2v) is 8.45. The molecule has 24 heavy (non-hydrogen) atoms. The summed E-state index contributed by atoms with van der Waals surface area (Å²) in [5.41, 5.74) is 5.99. The molecule has 1 aliphatic heterocycles. The van der Waals surface area contributed by atoms with Gasteiger partial charge in [0.25, 0.3) is 0 Å². The lowest BCUT2D eigenvalue weighted by molar-refractivity contribution is -0.137. The third-order valence-electron chi connectivity index (χ3n) is 4.42. The number of likely N-dealkylation sites (tertiary alicyclic amines) is 1. The van der Waals surface area contributed by atoms with E-state index < -0.39 is 15.6 Å². The van der Waals surface area contributed by atoms with Crippen LogP contribution in [-0.4, -0.2) is 44.1 Å². The van der Waals surface area contributed by atoms with Crippen LogP contribution in [0.1, 0.15) is 38.7 Å². The van der Waals surface area contributed by atoms with E-state index in [1.54, 1.807) is 11.8 Å². The van der Waals surface area contributed by atoms with Crippen molar-refractivity contribution in [1.82, 2.24) is 9.62 Å². The van der Waals surface area contributed by atoms with Gasteiger partial charge in [0.15, 0.2) is 0 Å². The van der Waals surface area contributed by atoms with Crippen molar-refractivity contribution >= 4 is 15.9 Å². The number of carbonyl (C=O) groups is 1. The fraction of sp³-hybridized carbons (Fsp3) is 0.588. The van der Waals surface area contributed by atoms with E-state index in [9.17, 15) is 13.2 Å². The zero-order valence-electron chi connectivity index (χ0n) is 14.4. The van der Waals surface area contributed by atoms with Crippen molar-refractivity contribution in [1.29, 1.82) is 0 Å². The maximum absolute atomic E-state index is 12.8. The molecule has 1 saturated heterocycles. The van der Waals surface area contributed by atoms with Crippen molar-refractivity contribution in [3.05, 3.63) is 35.9 Å². The predicted molar refractivity (Wildman–Crippen MR) is 94.8 cm³/mol. The van der Waals surface area contributed by atoms with E-state index in [1.807, 2.05) is 37.3 Å². The molecular weight excluding hydrogens is 326 g/mol. The molecule has 0 spiro atoms. The van der Waals surface area contributed by atoms with Crippen LogP contribution in [0.2, 0.25) is 0 Å². The minimum absolute atomic E-state index is 0.105. The summed E-state index contributed by atoms with van der Waals surface area (Å²) in [6, 6.07) is 9.21. The quantitative estimate of drug-likeness (QED) is 0.803. The van der Waals surface area contributed by atoms with E-state index in [2.05, 4.69) is 4.72 Å². The van der Waals surface area contributed by atoms with Crippen molar-refractivity contribution in [2.45, 2.75) is 44.7 Å². The number of carbonyl (C=O) groups excluding carboxylic acids is 1. The number of hydrogen-bond donors (Lipinski definition) is 2. The minimum Gasteiger partial charge on any atom is -0.341 e. The maximum atomic E-state index is 12.8. The molecule has 0 radical (unpaired) electrons. The molecule has 1 aromatic rings. The van der Waals surface area contributed by atoms with Gasteiger partial charge in [-0.1, -0.05) is 37.3 Å². The van der Waals surface area contributed by atoms with Gasteiger partial charge in [-0.2, -0.15) is 0 Å². The average molecular weight is 353 g/mol. The number of rotatable bonds is 6. The fourth-order valence-corrected chi connectivity index (χ4v) is 4.42. The predicted octanol–water partition coefficient (Wildman–Crippen LogP) is 1.18. The molecule has 1 atom stereocenters. The van der Waals surface area contributed by atoms with Crippen molar-refractivity contribution in [2.75, 3.05) is 18.8 Å². The number of nitrogens with two attached hydrogens (primary N) is 1. The van der Waals surface area contributed by atoms with Crippen LogP contribution in [0.15, 0.2) is 30.3 Å². The SMILES string of the molecule is CCCS(=O)(=O)NC1CCN(C(=O)C(C)(N)c2ccccc2)CC1. The van der Waals surface area contributed by atoms with Crippen LogP contribution in [-0.2, 0) is 20.4 Å². The summed E-state index contributed by atoms with van der Waals surface area (Å²) in [6.07, 6.45) is 1.81. The van der Waals surface area contributed by atoms with Gasteiger partial charge in [0, 0.05) is 19.1 Å². The molecule has 0 aliphatic carbocycles. The van der Waals surface area contributed by atoms with Gasteiger partial charge < -0.3 is 10.6 Å². The van der Waals surface area contributed by atoms with Crippen LogP contribution in [0.4, 0.5) is 0 Å². The number of nitrogens with zero attached hydrogens (tertiary/aromatic N) is 1. The highest BCUT2D eigenvalue weighted by atomic mass is 32.2. The molecular formula is C17H27N3O3S. The van der Waals surface area contributed by atoms with E-state index >= 15 is 0 Å². The number of piperidine rings is 1. The molecule has 3 N–H and O–H groups in total. The van der Waals surface area contributed by atoms with Crippen LogP contribution in [0.3, 0.4) is 0 Å². The van der Waals surface area contributed by atoms with E-state index in [0.717, 1.165) is 5.56 Å².